The molecule has 0 atom stereocenters. The first-order valence-corrected chi connectivity index (χ1v) is 9.08. The van der Waals surface area contributed by atoms with Crippen LogP contribution in [0.15, 0.2) is 34.9 Å². The van der Waals surface area contributed by atoms with E-state index in [-0.39, 0.29) is 5.91 Å². The van der Waals surface area contributed by atoms with E-state index in [1.54, 1.807) is 0 Å². The Labute approximate surface area is 158 Å². The van der Waals surface area contributed by atoms with Gasteiger partial charge in [-0.1, -0.05) is 56.3 Å². The SMILES string of the molecule is Cn1nc(-c2nc(-c3ccccc3)no2)c2c1CCN(C(=O)C(C)(C)C)C2. The molecule has 1 aliphatic rings. The first-order chi connectivity index (χ1) is 12.8. The number of benzene rings is 1. The summed E-state index contributed by atoms with van der Waals surface area (Å²) in [6.07, 6.45) is 0.764. The van der Waals surface area contributed by atoms with Crippen LogP contribution in [0, 0.1) is 5.41 Å². The van der Waals surface area contributed by atoms with E-state index in [0.29, 0.717) is 30.5 Å². The molecule has 0 unspecified atom stereocenters. The van der Waals surface area contributed by atoms with Crippen molar-refractivity contribution in [2.24, 2.45) is 12.5 Å². The summed E-state index contributed by atoms with van der Waals surface area (Å²) in [5, 5.41) is 8.71. The van der Waals surface area contributed by atoms with Crippen molar-refractivity contribution in [1.29, 1.82) is 0 Å². The maximum atomic E-state index is 12.7. The zero-order valence-corrected chi connectivity index (χ0v) is 16.1. The van der Waals surface area contributed by atoms with Crippen LogP contribution in [0.1, 0.15) is 32.0 Å². The van der Waals surface area contributed by atoms with Crippen LogP contribution in [0.2, 0.25) is 0 Å². The van der Waals surface area contributed by atoms with Crippen molar-refractivity contribution in [2.75, 3.05) is 6.54 Å². The van der Waals surface area contributed by atoms with Gasteiger partial charge < -0.3 is 9.42 Å². The molecule has 2 aromatic heterocycles. The number of aryl methyl sites for hydroxylation is 1. The normalized spacial score (nSPS) is 14.3. The first-order valence-electron chi connectivity index (χ1n) is 9.08. The molecule has 0 aliphatic carbocycles. The van der Waals surface area contributed by atoms with E-state index in [9.17, 15) is 4.79 Å². The highest BCUT2D eigenvalue weighted by atomic mass is 16.5. The molecule has 1 aliphatic heterocycles. The van der Waals surface area contributed by atoms with Gasteiger partial charge in [-0.2, -0.15) is 10.1 Å². The van der Waals surface area contributed by atoms with Gasteiger partial charge in [-0.25, -0.2) is 0 Å². The van der Waals surface area contributed by atoms with Crippen LogP contribution in [-0.4, -0.2) is 37.3 Å². The Kier molecular flexibility index (Phi) is 4.09. The van der Waals surface area contributed by atoms with Gasteiger partial charge in [0.1, 0.15) is 0 Å². The van der Waals surface area contributed by atoms with Crippen molar-refractivity contribution in [1.82, 2.24) is 24.8 Å². The molecule has 0 fully saturated rings. The van der Waals surface area contributed by atoms with Crippen molar-refractivity contribution in [3.05, 3.63) is 41.6 Å². The number of carbonyl (C=O) groups excluding carboxylic acids is 1. The molecular formula is C20H23N5O2. The Bertz CT molecular complexity index is 982. The fraction of sp³-hybridized carbons (Fsp3) is 0.400. The third-order valence-corrected chi connectivity index (χ3v) is 4.83. The summed E-state index contributed by atoms with van der Waals surface area (Å²) < 4.78 is 7.36. The van der Waals surface area contributed by atoms with Crippen molar-refractivity contribution in [3.63, 3.8) is 0 Å². The molecule has 27 heavy (non-hydrogen) atoms. The average Bonchev–Trinajstić information content (AvgIpc) is 3.26. The summed E-state index contributed by atoms with van der Waals surface area (Å²) in [7, 11) is 1.91. The van der Waals surface area contributed by atoms with E-state index in [1.807, 2.05) is 67.7 Å². The number of hydrogen-bond donors (Lipinski definition) is 0. The maximum absolute atomic E-state index is 12.7. The topological polar surface area (TPSA) is 77.1 Å². The molecular weight excluding hydrogens is 342 g/mol. The summed E-state index contributed by atoms with van der Waals surface area (Å²) in [6, 6.07) is 9.69. The molecule has 7 heteroatoms. The Morgan fingerprint density at radius 3 is 2.63 bits per heavy atom. The minimum Gasteiger partial charge on any atom is -0.337 e. The van der Waals surface area contributed by atoms with Gasteiger partial charge in [-0.15, -0.1) is 0 Å². The summed E-state index contributed by atoms with van der Waals surface area (Å²) in [4.78, 5) is 19.1. The Hall–Kier alpha value is -2.96. The minimum atomic E-state index is -0.412. The van der Waals surface area contributed by atoms with Gasteiger partial charge in [0.05, 0.1) is 0 Å². The molecule has 0 radical (unpaired) electrons. The van der Waals surface area contributed by atoms with Gasteiger partial charge >= 0.3 is 0 Å². The summed E-state index contributed by atoms with van der Waals surface area (Å²) in [5.74, 6) is 1.05. The third-order valence-electron chi connectivity index (χ3n) is 4.83. The Balaban J connectivity index is 1.69. The lowest BCUT2D eigenvalue weighted by Crippen LogP contribution is -2.42. The zero-order valence-electron chi connectivity index (χ0n) is 16.1. The van der Waals surface area contributed by atoms with Crippen molar-refractivity contribution >= 4 is 5.91 Å². The van der Waals surface area contributed by atoms with Crippen LogP contribution in [0.5, 0.6) is 0 Å². The number of carbonyl (C=O) groups is 1. The van der Waals surface area contributed by atoms with E-state index in [1.165, 1.54) is 0 Å². The molecule has 140 valence electrons. The molecule has 0 spiro atoms. The summed E-state index contributed by atoms with van der Waals surface area (Å²) >= 11 is 0. The Morgan fingerprint density at radius 2 is 1.93 bits per heavy atom. The number of nitrogens with zero attached hydrogens (tertiary/aromatic N) is 5. The number of amides is 1. The number of aromatic nitrogens is 4. The highest BCUT2D eigenvalue weighted by Gasteiger charge is 2.33. The molecule has 1 amide bonds. The van der Waals surface area contributed by atoms with E-state index in [2.05, 4.69) is 15.2 Å². The number of rotatable bonds is 2. The van der Waals surface area contributed by atoms with Crippen LogP contribution in [0.3, 0.4) is 0 Å². The van der Waals surface area contributed by atoms with E-state index in [4.69, 9.17) is 4.52 Å². The predicted octanol–water partition coefficient (Wildman–Crippen LogP) is 3.07. The number of hydrogen-bond acceptors (Lipinski definition) is 5. The second-order valence-electron chi connectivity index (χ2n) is 7.91. The molecule has 4 rings (SSSR count). The molecule has 3 heterocycles. The van der Waals surface area contributed by atoms with Gasteiger partial charge in [0, 0.05) is 48.8 Å². The van der Waals surface area contributed by atoms with Gasteiger partial charge in [-0.05, 0) is 0 Å². The van der Waals surface area contributed by atoms with Crippen LogP contribution in [0.25, 0.3) is 23.0 Å². The van der Waals surface area contributed by atoms with Crippen molar-refractivity contribution < 1.29 is 9.32 Å². The van der Waals surface area contributed by atoms with Crippen molar-refractivity contribution in [3.8, 4) is 23.0 Å². The molecule has 0 bridgehead atoms. The van der Waals surface area contributed by atoms with Gasteiger partial charge in [0.15, 0.2) is 5.69 Å². The fourth-order valence-corrected chi connectivity index (χ4v) is 3.44. The van der Waals surface area contributed by atoms with Gasteiger partial charge in [0.25, 0.3) is 5.89 Å². The second-order valence-corrected chi connectivity index (χ2v) is 7.91. The summed E-state index contributed by atoms with van der Waals surface area (Å²) in [6.45, 7) is 7.04. The smallest absolute Gasteiger partial charge is 0.279 e. The van der Waals surface area contributed by atoms with Crippen LogP contribution in [0.4, 0.5) is 0 Å². The van der Waals surface area contributed by atoms with Crippen LogP contribution in [-0.2, 0) is 24.8 Å². The maximum Gasteiger partial charge on any atom is 0.279 e. The first kappa shape index (κ1) is 17.5. The van der Waals surface area contributed by atoms with Crippen molar-refractivity contribution in [2.45, 2.75) is 33.7 Å². The van der Waals surface area contributed by atoms with E-state index >= 15 is 0 Å². The van der Waals surface area contributed by atoms with E-state index in [0.717, 1.165) is 23.2 Å². The second kappa shape index (κ2) is 6.33. The lowest BCUT2D eigenvalue weighted by molar-refractivity contribution is -0.140. The quantitative estimate of drug-likeness (QED) is 0.697. The van der Waals surface area contributed by atoms with Gasteiger partial charge in [-0.3, -0.25) is 9.48 Å². The zero-order chi connectivity index (χ0) is 19.2. The highest BCUT2D eigenvalue weighted by Crippen LogP contribution is 2.31. The van der Waals surface area contributed by atoms with Crippen LogP contribution >= 0.6 is 0 Å². The average molecular weight is 365 g/mol. The third kappa shape index (κ3) is 3.13. The molecule has 1 aromatic carbocycles. The standard InChI is InChI=1S/C20H23N5O2/c1-20(2,3)19(26)25-11-10-15-14(12-25)16(22-24(15)4)18-21-17(23-27-18)13-8-6-5-7-9-13/h5-9H,10-12H2,1-4H3. The summed E-state index contributed by atoms with van der Waals surface area (Å²) in [5.41, 5.74) is 3.24. The fourth-order valence-electron chi connectivity index (χ4n) is 3.44. The lowest BCUT2D eigenvalue weighted by atomic mass is 9.93. The Morgan fingerprint density at radius 1 is 1.19 bits per heavy atom. The molecule has 7 nitrogen and oxygen atoms in total. The molecule has 0 saturated heterocycles. The predicted molar refractivity (Wildman–Crippen MR) is 101 cm³/mol. The largest absolute Gasteiger partial charge is 0.337 e. The highest BCUT2D eigenvalue weighted by molar-refractivity contribution is 5.82. The molecule has 0 saturated carbocycles. The lowest BCUT2D eigenvalue weighted by Gasteiger charge is -2.32. The monoisotopic (exact) mass is 365 g/mol. The molecule has 0 N–H and O–H groups in total. The minimum absolute atomic E-state index is 0.137. The van der Waals surface area contributed by atoms with Gasteiger partial charge in [0.2, 0.25) is 11.7 Å². The van der Waals surface area contributed by atoms with E-state index < -0.39 is 5.41 Å². The molecule has 3 aromatic rings. The van der Waals surface area contributed by atoms with Crippen LogP contribution < -0.4 is 0 Å². The number of fused-ring (bicyclic) bond motifs is 1.